The molecule has 0 heterocycles. The lowest BCUT2D eigenvalue weighted by molar-refractivity contribution is -0.384. The molecule has 10 heteroatoms. The Morgan fingerprint density at radius 3 is 2.09 bits per heavy atom. The predicted molar refractivity (Wildman–Crippen MR) is 126 cm³/mol. The van der Waals surface area contributed by atoms with E-state index in [0.29, 0.717) is 17.9 Å². The molecule has 0 spiro atoms. The predicted octanol–water partition coefficient (Wildman–Crippen LogP) is 3.17. The maximum Gasteiger partial charge on any atom is 0.269 e. The van der Waals surface area contributed by atoms with Crippen LogP contribution >= 0.6 is 12.2 Å². The van der Waals surface area contributed by atoms with Crippen molar-refractivity contribution >= 4 is 34.8 Å². The molecule has 3 aromatic rings. The van der Waals surface area contributed by atoms with Gasteiger partial charge in [0.2, 0.25) is 0 Å². The van der Waals surface area contributed by atoms with Crippen molar-refractivity contribution in [2.75, 3.05) is 6.61 Å². The van der Waals surface area contributed by atoms with Crippen molar-refractivity contribution in [1.82, 2.24) is 16.2 Å². The average molecular weight is 465 g/mol. The van der Waals surface area contributed by atoms with Crippen LogP contribution in [0.25, 0.3) is 0 Å². The quantitative estimate of drug-likeness (QED) is 0.279. The zero-order chi connectivity index (χ0) is 23.6. The van der Waals surface area contributed by atoms with Gasteiger partial charge in [-0.25, -0.2) is 0 Å². The molecule has 0 saturated heterocycles. The second-order valence-electron chi connectivity index (χ2n) is 6.77. The van der Waals surface area contributed by atoms with E-state index in [1.165, 1.54) is 29.8 Å². The van der Waals surface area contributed by atoms with E-state index in [-0.39, 0.29) is 16.4 Å². The number of nitro benzene ring substituents is 1. The lowest BCUT2D eigenvalue weighted by Gasteiger charge is -2.11. The summed E-state index contributed by atoms with van der Waals surface area (Å²) in [6.07, 6.45) is 0.772. The van der Waals surface area contributed by atoms with Crippen molar-refractivity contribution in [2.24, 2.45) is 0 Å². The Bertz CT molecular complexity index is 1140. The summed E-state index contributed by atoms with van der Waals surface area (Å²) in [5, 5.41) is 13.0. The number of thiocarbonyl (C=S) groups is 1. The smallest absolute Gasteiger partial charge is 0.269 e. The Labute approximate surface area is 194 Å². The first kappa shape index (κ1) is 23.4. The van der Waals surface area contributed by atoms with Crippen molar-refractivity contribution in [3.63, 3.8) is 0 Å². The van der Waals surface area contributed by atoms with Crippen LogP contribution in [-0.4, -0.2) is 28.5 Å². The number of nitro groups is 1. The van der Waals surface area contributed by atoms with Gasteiger partial charge in [-0.3, -0.25) is 35.9 Å². The maximum absolute atomic E-state index is 12.3. The van der Waals surface area contributed by atoms with E-state index in [1.54, 1.807) is 24.3 Å². The van der Waals surface area contributed by atoms with Crippen LogP contribution < -0.4 is 20.9 Å². The number of benzene rings is 3. The van der Waals surface area contributed by atoms with Gasteiger partial charge < -0.3 is 4.74 Å². The molecule has 0 aliphatic heterocycles. The van der Waals surface area contributed by atoms with Gasteiger partial charge in [0.15, 0.2) is 5.11 Å². The number of nitrogens with one attached hydrogen (secondary N) is 3. The number of hydrazine groups is 1. The van der Waals surface area contributed by atoms with E-state index in [4.69, 9.17) is 17.0 Å². The summed E-state index contributed by atoms with van der Waals surface area (Å²) in [5.41, 5.74) is 6.32. The molecule has 0 aliphatic rings. The molecule has 0 saturated carbocycles. The molecule has 0 atom stereocenters. The topological polar surface area (TPSA) is 123 Å². The molecular formula is C23H20N4O5S. The molecule has 3 rings (SSSR count). The Hall–Kier alpha value is -4.31. The number of carbonyl (C=O) groups excluding carboxylic acids is 2. The SMILES string of the molecule is O=C(NNC(=S)NC(=O)c1ccc(OCCc2ccccc2)cc1)c1ccc([N+](=O)[O-])cc1. The van der Waals surface area contributed by atoms with Gasteiger partial charge in [0.1, 0.15) is 5.75 Å². The Kier molecular flexibility index (Phi) is 8.03. The highest BCUT2D eigenvalue weighted by molar-refractivity contribution is 7.80. The van der Waals surface area contributed by atoms with Gasteiger partial charge >= 0.3 is 0 Å². The Morgan fingerprint density at radius 1 is 0.848 bits per heavy atom. The van der Waals surface area contributed by atoms with Crippen molar-refractivity contribution in [3.05, 3.63) is 106 Å². The van der Waals surface area contributed by atoms with Crippen LogP contribution in [0.5, 0.6) is 5.75 Å². The van der Waals surface area contributed by atoms with Gasteiger partial charge in [0.05, 0.1) is 11.5 Å². The van der Waals surface area contributed by atoms with E-state index in [2.05, 4.69) is 16.2 Å². The van der Waals surface area contributed by atoms with E-state index in [0.717, 1.165) is 6.42 Å². The van der Waals surface area contributed by atoms with Crippen molar-refractivity contribution < 1.29 is 19.2 Å². The summed E-state index contributed by atoms with van der Waals surface area (Å²) in [5.74, 6) is -0.398. The fourth-order valence-corrected chi connectivity index (χ4v) is 2.90. The van der Waals surface area contributed by atoms with Crippen LogP contribution in [0.4, 0.5) is 5.69 Å². The van der Waals surface area contributed by atoms with E-state index in [9.17, 15) is 19.7 Å². The first-order chi connectivity index (χ1) is 15.9. The normalized spacial score (nSPS) is 10.1. The van der Waals surface area contributed by atoms with Crippen LogP contribution in [0.1, 0.15) is 26.3 Å². The standard InChI is InChI=1S/C23H20N4O5S/c28-21(17-8-12-20(13-9-17)32-15-14-16-4-2-1-3-5-16)24-23(33)26-25-22(29)18-6-10-19(11-7-18)27(30)31/h1-13H,14-15H2,(H,25,29)(H2,24,26,28,33). The molecule has 0 unspecified atom stereocenters. The fourth-order valence-electron chi connectivity index (χ4n) is 2.76. The third-order valence-corrected chi connectivity index (χ3v) is 4.68. The molecule has 2 amide bonds. The summed E-state index contributed by atoms with van der Waals surface area (Å²) in [6, 6.07) is 21.6. The second kappa shape index (κ2) is 11.3. The minimum absolute atomic E-state index is 0.113. The average Bonchev–Trinajstić information content (AvgIpc) is 2.83. The summed E-state index contributed by atoms with van der Waals surface area (Å²) in [4.78, 5) is 34.5. The van der Waals surface area contributed by atoms with Gasteiger partial charge in [-0.15, -0.1) is 0 Å². The van der Waals surface area contributed by atoms with Gasteiger partial charge in [-0.1, -0.05) is 30.3 Å². The molecule has 0 aliphatic carbocycles. The summed E-state index contributed by atoms with van der Waals surface area (Å²) >= 11 is 5.01. The minimum Gasteiger partial charge on any atom is -0.493 e. The highest BCUT2D eigenvalue weighted by Crippen LogP contribution is 2.13. The highest BCUT2D eigenvalue weighted by atomic mass is 32.1. The fraction of sp³-hybridized carbons (Fsp3) is 0.0870. The Morgan fingerprint density at radius 2 is 1.45 bits per heavy atom. The van der Waals surface area contributed by atoms with Crippen LogP contribution in [0.15, 0.2) is 78.9 Å². The first-order valence-electron chi connectivity index (χ1n) is 9.85. The van der Waals surface area contributed by atoms with Crippen molar-refractivity contribution in [1.29, 1.82) is 0 Å². The molecule has 0 fully saturated rings. The Balaban J connectivity index is 1.42. The second-order valence-corrected chi connectivity index (χ2v) is 7.18. The largest absolute Gasteiger partial charge is 0.493 e. The zero-order valence-electron chi connectivity index (χ0n) is 17.3. The first-order valence-corrected chi connectivity index (χ1v) is 10.3. The number of amides is 2. The van der Waals surface area contributed by atoms with E-state index >= 15 is 0 Å². The third-order valence-electron chi connectivity index (χ3n) is 4.48. The number of nitrogens with zero attached hydrogens (tertiary/aromatic N) is 1. The van der Waals surface area contributed by atoms with Crippen LogP contribution in [0.2, 0.25) is 0 Å². The number of hydrogen-bond donors (Lipinski definition) is 3. The van der Waals surface area contributed by atoms with Gasteiger partial charge in [-0.05, 0) is 54.2 Å². The molecule has 3 aromatic carbocycles. The van der Waals surface area contributed by atoms with Gasteiger partial charge in [0.25, 0.3) is 17.5 Å². The number of ether oxygens (including phenoxy) is 1. The van der Waals surface area contributed by atoms with Gasteiger partial charge in [0, 0.05) is 29.7 Å². The molecule has 168 valence electrons. The number of non-ortho nitro benzene ring substituents is 1. The van der Waals surface area contributed by atoms with E-state index in [1.807, 2.05) is 30.3 Å². The molecule has 3 N–H and O–H groups in total. The molecule has 33 heavy (non-hydrogen) atoms. The number of carbonyl (C=O) groups is 2. The van der Waals surface area contributed by atoms with Gasteiger partial charge in [-0.2, -0.15) is 0 Å². The minimum atomic E-state index is -0.571. The summed E-state index contributed by atoms with van der Waals surface area (Å²) in [6.45, 7) is 0.512. The van der Waals surface area contributed by atoms with Crippen molar-refractivity contribution in [2.45, 2.75) is 6.42 Å². The number of rotatable bonds is 7. The summed E-state index contributed by atoms with van der Waals surface area (Å²) in [7, 11) is 0. The van der Waals surface area contributed by atoms with Crippen molar-refractivity contribution in [3.8, 4) is 5.75 Å². The molecular weight excluding hydrogens is 444 g/mol. The van der Waals surface area contributed by atoms with Crippen LogP contribution in [0, 0.1) is 10.1 Å². The molecule has 0 bridgehead atoms. The van der Waals surface area contributed by atoms with Crippen LogP contribution in [0.3, 0.4) is 0 Å². The molecule has 0 radical (unpaired) electrons. The highest BCUT2D eigenvalue weighted by Gasteiger charge is 2.11. The third kappa shape index (κ3) is 7.11. The number of hydrogen-bond acceptors (Lipinski definition) is 6. The summed E-state index contributed by atoms with van der Waals surface area (Å²) < 4.78 is 5.70. The maximum atomic E-state index is 12.3. The zero-order valence-corrected chi connectivity index (χ0v) is 18.1. The lowest BCUT2D eigenvalue weighted by Crippen LogP contribution is -2.48. The lowest BCUT2D eigenvalue weighted by atomic mass is 10.2. The molecule has 9 nitrogen and oxygen atoms in total. The van der Waals surface area contributed by atoms with E-state index < -0.39 is 16.7 Å². The molecule has 0 aromatic heterocycles. The monoisotopic (exact) mass is 464 g/mol. The van der Waals surface area contributed by atoms with Crippen LogP contribution in [-0.2, 0) is 6.42 Å².